The first-order valence-corrected chi connectivity index (χ1v) is 11.3. The van der Waals surface area contributed by atoms with Crippen molar-refractivity contribution < 1.29 is 18.1 Å². The van der Waals surface area contributed by atoms with Gasteiger partial charge in [-0.2, -0.15) is 4.31 Å². The molecule has 0 radical (unpaired) electrons. The van der Waals surface area contributed by atoms with Crippen molar-refractivity contribution in [3.8, 4) is 0 Å². The van der Waals surface area contributed by atoms with Crippen LogP contribution < -0.4 is 5.32 Å². The second-order valence-electron chi connectivity index (χ2n) is 7.03. The molecule has 0 spiro atoms. The Morgan fingerprint density at radius 2 is 1.73 bits per heavy atom. The highest BCUT2D eigenvalue weighted by Crippen LogP contribution is 2.29. The number of nitrogens with one attached hydrogen (secondary N) is 1. The zero-order valence-corrected chi connectivity index (χ0v) is 18.3. The standard InChI is InChI=1S/C19H19Cl2N3O5S/c1-12-2-3-17(24(26)27)11-18(12)30(28,29)23-6-4-13(5-7-23)19(25)22-16-9-14(20)8-15(21)10-16/h2-3,8-11,13H,4-7H2,1H3,(H,22,25). The third kappa shape index (κ3) is 4.92. The number of rotatable bonds is 5. The molecule has 2 aromatic rings. The van der Waals surface area contributed by atoms with Gasteiger partial charge in [-0.3, -0.25) is 14.9 Å². The summed E-state index contributed by atoms with van der Waals surface area (Å²) in [5.41, 5.74) is 0.617. The fourth-order valence-corrected chi connectivity index (χ4v) is 5.59. The van der Waals surface area contributed by atoms with Crippen LogP contribution in [0.4, 0.5) is 11.4 Å². The van der Waals surface area contributed by atoms with Crippen LogP contribution in [-0.2, 0) is 14.8 Å². The Bertz CT molecular complexity index is 1080. The molecule has 0 saturated carbocycles. The van der Waals surface area contributed by atoms with E-state index in [0.29, 0.717) is 34.1 Å². The highest BCUT2D eigenvalue weighted by atomic mass is 35.5. The van der Waals surface area contributed by atoms with Crippen LogP contribution >= 0.6 is 23.2 Å². The molecular weight excluding hydrogens is 453 g/mol. The number of anilines is 1. The molecule has 1 aliphatic rings. The summed E-state index contributed by atoms with van der Waals surface area (Å²) in [7, 11) is -3.91. The van der Waals surface area contributed by atoms with E-state index < -0.39 is 14.9 Å². The minimum Gasteiger partial charge on any atom is -0.326 e. The van der Waals surface area contributed by atoms with Crippen LogP contribution in [0.3, 0.4) is 0 Å². The van der Waals surface area contributed by atoms with E-state index in [0.717, 1.165) is 6.07 Å². The number of aryl methyl sites for hydroxylation is 1. The van der Waals surface area contributed by atoms with Gasteiger partial charge in [-0.15, -0.1) is 0 Å². The molecule has 1 N–H and O–H groups in total. The van der Waals surface area contributed by atoms with Gasteiger partial charge in [-0.05, 0) is 43.5 Å². The number of nitrogens with zero attached hydrogens (tertiary/aromatic N) is 2. The van der Waals surface area contributed by atoms with Crippen LogP contribution in [-0.4, -0.2) is 36.6 Å². The summed E-state index contributed by atoms with van der Waals surface area (Å²) in [5, 5.41) is 14.6. The highest BCUT2D eigenvalue weighted by molar-refractivity contribution is 7.89. The first-order chi connectivity index (χ1) is 14.1. The Morgan fingerprint density at radius 1 is 1.13 bits per heavy atom. The van der Waals surface area contributed by atoms with Crippen molar-refractivity contribution in [2.45, 2.75) is 24.7 Å². The molecule has 30 heavy (non-hydrogen) atoms. The second-order valence-corrected chi connectivity index (χ2v) is 9.81. The van der Waals surface area contributed by atoms with Crippen LogP contribution in [0, 0.1) is 23.0 Å². The fraction of sp³-hybridized carbons (Fsp3) is 0.316. The Balaban J connectivity index is 1.69. The van der Waals surface area contributed by atoms with Gasteiger partial charge in [0.25, 0.3) is 5.69 Å². The van der Waals surface area contributed by atoms with Crippen LogP contribution in [0.15, 0.2) is 41.3 Å². The number of hydrogen-bond donors (Lipinski definition) is 1. The quantitative estimate of drug-likeness (QED) is 0.517. The number of amides is 1. The van der Waals surface area contributed by atoms with E-state index in [2.05, 4.69) is 5.32 Å². The molecule has 0 unspecified atom stereocenters. The first kappa shape index (κ1) is 22.5. The Kier molecular flexibility index (Phi) is 6.66. The molecule has 160 valence electrons. The molecule has 1 fully saturated rings. The number of sulfonamides is 1. The van der Waals surface area contributed by atoms with Gasteiger partial charge in [-0.25, -0.2) is 8.42 Å². The maximum atomic E-state index is 13.0. The van der Waals surface area contributed by atoms with E-state index >= 15 is 0 Å². The van der Waals surface area contributed by atoms with Gasteiger partial charge in [-0.1, -0.05) is 29.3 Å². The first-order valence-electron chi connectivity index (χ1n) is 9.10. The van der Waals surface area contributed by atoms with Crippen LogP contribution in [0.2, 0.25) is 10.0 Å². The lowest BCUT2D eigenvalue weighted by atomic mass is 9.97. The average Bonchev–Trinajstić information content (AvgIpc) is 2.67. The number of halogens is 2. The molecular formula is C19H19Cl2N3O5S. The number of benzene rings is 2. The number of non-ortho nitro benzene ring substituents is 1. The van der Waals surface area contributed by atoms with Gasteiger partial charge in [0, 0.05) is 46.9 Å². The summed E-state index contributed by atoms with van der Waals surface area (Å²) in [6, 6.07) is 8.48. The lowest BCUT2D eigenvalue weighted by Crippen LogP contribution is -2.41. The zero-order chi connectivity index (χ0) is 22.1. The minimum atomic E-state index is -3.91. The molecule has 0 bridgehead atoms. The third-order valence-corrected chi connectivity index (χ3v) is 7.43. The summed E-state index contributed by atoms with van der Waals surface area (Å²) in [4.78, 5) is 22.8. The summed E-state index contributed by atoms with van der Waals surface area (Å²) in [5.74, 6) is -0.614. The van der Waals surface area contributed by atoms with Crippen LogP contribution in [0.25, 0.3) is 0 Å². The van der Waals surface area contributed by atoms with E-state index in [-0.39, 0.29) is 35.5 Å². The number of nitro benzene ring substituents is 1. The average molecular weight is 472 g/mol. The summed E-state index contributed by atoms with van der Waals surface area (Å²) in [6.45, 7) is 1.87. The number of hydrogen-bond acceptors (Lipinski definition) is 5. The maximum absolute atomic E-state index is 13.0. The Hall–Kier alpha value is -2.20. The normalized spacial score (nSPS) is 15.7. The molecule has 0 aromatic heterocycles. The zero-order valence-electron chi connectivity index (χ0n) is 16.0. The van der Waals surface area contributed by atoms with Crippen molar-refractivity contribution in [2.75, 3.05) is 18.4 Å². The molecule has 3 rings (SSSR count). The molecule has 1 aliphatic heterocycles. The summed E-state index contributed by atoms with van der Waals surface area (Å²) in [6.07, 6.45) is 0.653. The largest absolute Gasteiger partial charge is 0.326 e. The van der Waals surface area contributed by atoms with E-state index in [4.69, 9.17) is 23.2 Å². The summed E-state index contributed by atoms with van der Waals surface area (Å²) < 4.78 is 27.3. The van der Waals surface area contributed by atoms with Gasteiger partial charge in [0.2, 0.25) is 15.9 Å². The van der Waals surface area contributed by atoms with Crippen molar-refractivity contribution in [2.24, 2.45) is 5.92 Å². The number of carbonyl (C=O) groups excluding carboxylic acids is 1. The van der Waals surface area contributed by atoms with Crippen molar-refractivity contribution >= 4 is 50.5 Å². The summed E-state index contributed by atoms with van der Waals surface area (Å²) >= 11 is 11.9. The van der Waals surface area contributed by atoms with Gasteiger partial charge in [0.05, 0.1) is 9.82 Å². The van der Waals surface area contributed by atoms with E-state index in [9.17, 15) is 23.3 Å². The lowest BCUT2D eigenvalue weighted by molar-refractivity contribution is -0.385. The SMILES string of the molecule is Cc1ccc([N+](=O)[O-])cc1S(=O)(=O)N1CCC(C(=O)Nc2cc(Cl)cc(Cl)c2)CC1. The van der Waals surface area contributed by atoms with E-state index in [1.54, 1.807) is 25.1 Å². The van der Waals surface area contributed by atoms with Crippen LogP contribution in [0.5, 0.6) is 0 Å². The molecule has 1 saturated heterocycles. The molecule has 11 heteroatoms. The van der Waals surface area contributed by atoms with Crippen molar-refractivity contribution in [3.63, 3.8) is 0 Å². The third-order valence-electron chi connectivity index (χ3n) is 4.96. The van der Waals surface area contributed by atoms with E-state index in [1.165, 1.54) is 16.4 Å². The van der Waals surface area contributed by atoms with E-state index in [1.807, 2.05) is 0 Å². The predicted molar refractivity (Wildman–Crippen MR) is 114 cm³/mol. The van der Waals surface area contributed by atoms with Gasteiger partial charge < -0.3 is 5.32 Å². The lowest BCUT2D eigenvalue weighted by Gasteiger charge is -2.30. The van der Waals surface area contributed by atoms with Crippen molar-refractivity contribution in [1.29, 1.82) is 0 Å². The predicted octanol–water partition coefficient (Wildman–Crippen LogP) is 4.25. The Morgan fingerprint density at radius 3 is 2.30 bits per heavy atom. The highest BCUT2D eigenvalue weighted by Gasteiger charge is 2.33. The second kappa shape index (κ2) is 8.89. The molecule has 1 heterocycles. The molecule has 8 nitrogen and oxygen atoms in total. The molecule has 1 amide bonds. The minimum absolute atomic E-state index is 0.0897. The topological polar surface area (TPSA) is 110 Å². The number of carbonyl (C=O) groups is 1. The monoisotopic (exact) mass is 471 g/mol. The molecule has 0 aliphatic carbocycles. The smallest absolute Gasteiger partial charge is 0.270 e. The Labute approximate surface area is 184 Å². The molecule has 2 aromatic carbocycles. The van der Waals surface area contributed by atoms with Gasteiger partial charge in [0.15, 0.2) is 0 Å². The fourth-order valence-electron chi connectivity index (χ4n) is 3.35. The maximum Gasteiger partial charge on any atom is 0.270 e. The molecule has 0 atom stereocenters. The number of piperidine rings is 1. The van der Waals surface area contributed by atoms with Crippen molar-refractivity contribution in [1.82, 2.24) is 4.31 Å². The van der Waals surface area contributed by atoms with Gasteiger partial charge in [0.1, 0.15) is 0 Å². The number of nitro groups is 1. The van der Waals surface area contributed by atoms with Crippen LogP contribution in [0.1, 0.15) is 18.4 Å². The van der Waals surface area contributed by atoms with Crippen molar-refractivity contribution in [3.05, 3.63) is 62.1 Å². The van der Waals surface area contributed by atoms with Gasteiger partial charge >= 0.3 is 0 Å².